The summed E-state index contributed by atoms with van der Waals surface area (Å²) in [5, 5.41) is 3.49. The molecule has 6 heteroatoms. The van der Waals surface area contributed by atoms with Crippen molar-refractivity contribution in [3.63, 3.8) is 0 Å². The van der Waals surface area contributed by atoms with Crippen LogP contribution in [0.1, 0.15) is 12.0 Å². The van der Waals surface area contributed by atoms with Gasteiger partial charge in [-0.3, -0.25) is 9.59 Å². The molecule has 0 bridgehead atoms. The average Bonchev–Trinajstić information content (AvgIpc) is 2.88. The maximum absolute atomic E-state index is 12.0. The number of rotatable bonds is 7. The van der Waals surface area contributed by atoms with Crippen LogP contribution in [-0.4, -0.2) is 50.1 Å². The minimum absolute atomic E-state index is 0.0425. The van der Waals surface area contributed by atoms with Gasteiger partial charge in [-0.15, -0.1) is 0 Å². The SMILES string of the molecule is COCCNC(=O)C1CC(=O)N(CCc2ccc(Cl)cc2)C1. The number of carbonyl (C=O) groups excluding carboxylic acids is 2. The van der Waals surface area contributed by atoms with Gasteiger partial charge >= 0.3 is 0 Å². The van der Waals surface area contributed by atoms with Crippen molar-refractivity contribution in [3.05, 3.63) is 34.9 Å². The van der Waals surface area contributed by atoms with Gasteiger partial charge in [0.25, 0.3) is 0 Å². The summed E-state index contributed by atoms with van der Waals surface area (Å²) in [7, 11) is 1.59. The zero-order valence-electron chi connectivity index (χ0n) is 12.7. The molecule has 5 nitrogen and oxygen atoms in total. The molecule has 2 amide bonds. The highest BCUT2D eigenvalue weighted by molar-refractivity contribution is 6.30. The Labute approximate surface area is 135 Å². The maximum Gasteiger partial charge on any atom is 0.225 e. The number of halogens is 1. The normalized spacial score (nSPS) is 17.8. The summed E-state index contributed by atoms with van der Waals surface area (Å²) in [6.45, 7) is 2.07. The summed E-state index contributed by atoms with van der Waals surface area (Å²) in [5.74, 6) is -0.283. The van der Waals surface area contributed by atoms with Gasteiger partial charge in [0.2, 0.25) is 11.8 Å². The predicted octanol–water partition coefficient (Wildman–Crippen LogP) is 1.49. The molecular formula is C16H21ClN2O3. The Morgan fingerprint density at radius 1 is 1.41 bits per heavy atom. The van der Waals surface area contributed by atoms with Crippen LogP contribution in [0.4, 0.5) is 0 Å². The molecule has 1 N–H and O–H groups in total. The fourth-order valence-corrected chi connectivity index (χ4v) is 2.63. The van der Waals surface area contributed by atoms with Gasteiger partial charge in [-0.05, 0) is 24.1 Å². The largest absolute Gasteiger partial charge is 0.383 e. The fourth-order valence-electron chi connectivity index (χ4n) is 2.50. The highest BCUT2D eigenvalue weighted by Gasteiger charge is 2.33. The molecule has 1 aliphatic heterocycles. The van der Waals surface area contributed by atoms with Gasteiger partial charge in [-0.1, -0.05) is 23.7 Å². The van der Waals surface area contributed by atoms with Gasteiger partial charge in [0.15, 0.2) is 0 Å². The van der Waals surface area contributed by atoms with E-state index in [0.717, 1.165) is 12.0 Å². The molecule has 0 radical (unpaired) electrons. The van der Waals surface area contributed by atoms with Crippen LogP contribution in [0.25, 0.3) is 0 Å². The van der Waals surface area contributed by atoms with Crippen LogP contribution in [0.5, 0.6) is 0 Å². The van der Waals surface area contributed by atoms with Crippen molar-refractivity contribution in [1.29, 1.82) is 0 Å². The first-order valence-electron chi connectivity index (χ1n) is 7.39. The first-order chi connectivity index (χ1) is 10.6. The molecule has 1 aromatic carbocycles. The van der Waals surface area contributed by atoms with E-state index in [1.165, 1.54) is 0 Å². The van der Waals surface area contributed by atoms with E-state index in [2.05, 4.69) is 5.32 Å². The van der Waals surface area contributed by atoms with E-state index in [4.69, 9.17) is 16.3 Å². The zero-order valence-corrected chi connectivity index (χ0v) is 13.4. The Morgan fingerprint density at radius 3 is 2.82 bits per heavy atom. The molecule has 1 fully saturated rings. The molecule has 22 heavy (non-hydrogen) atoms. The first kappa shape index (κ1) is 16.8. The fraction of sp³-hybridized carbons (Fsp3) is 0.500. The zero-order chi connectivity index (χ0) is 15.9. The third-order valence-corrected chi connectivity index (χ3v) is 4.03. The second kappa shape index (κ2) is 8.15. The van der Waals surface area contributed by atoms with E-state index in [1.807, 2.05) is 24.3 Å². The molecule has 0 aromatic heterocycles. The summed E-state index contributed by atoms with van der Waals surface area (Å²) in [4.78, 5) is 25.7. The Balaban J connectivity index is 1.79. The Hall–Kier alpha value is -1.59. The van der Waals surface area contributed by atoms with E-state index in [1.54, 1.807) is 12.0 Å². The number of nitrogens with one attached hydrogen (secondary N) is 1. The lowest BCUT2D eigenvalue weighted by molar-refractivity contribution is -0.129. The van der Waals surface area contributed by atoms with Crippen LogP contribution in [0.15, 0.2) is 24.3 Å². The van der Waals surface area contributed by atoms with E-state index in [0.29, 0.717) is 37.7 Å². The van der Waals surface area contributed by atoms with E-state index >= 15 is 0 Å². The second-order valence-corrected chi connectivity index (χ2v) is 5.84. The first-order valence-corrected chi connectivity index (χ1v) is 7.77. The van der Waals surface area contributed by atoms with Crippen LogP contribution in [0.3, 0.4) is 0 Å². The van der Waals surface area contributed by atoms with Crippen molar-refractivity contribution in [2.45, 2.75) is 12.8 Å². The number of benzene rings is 1. The van der Waals surface area contributed by atoms with Gasteiger partial charge in [0.1, 0.15) is 0 Å². The van der Waals surface area contributed by atoms with Crippen molar-refractivity contribution in [2.24, 2.45) is 5.92 Å². The summed E-state index contributed by atoms with van der Waals surface area (Å²) < 4.78 is 4.89. The van der Waals surface area contributed by atoms with Gasteiger partial charge in [-0.25, -0.2) is 0 Å². The molecule has 0 aliphatic carbocycles. The molecule has 1 aromatic rings. The third-order valence-electron chi connectivity index (χ3n) is 3.77. The van der Waals surface area contributed by atoms with Crippen LogP contribution >= 0.6 is 11.6 Å². The number of methoxy groups -OCH3 is 1. The molecule has 2 rings (SSSR count). The number of hydrogen-bond donors (Lipinski definition) is 1. The van der Waals surface area contributed by atoms with Crippen molar-refractivity contribution < 1.29 is 14.3 Å². The number of nitrogens with zero attached hydrogens (tertiary/aromatic N) is 1. The lowest BCUT2D eigenvalue weighted by Gasteiger charge is -2.16. The lowest BCUT2D eigenvalue weighted by Crippen LogP contribution is -2.35. The predicted molar refractivity (Wildman–Crippen MR) is 84.7 cm³/mol. The lowest BCUT2D eigenvalue weighted by atomic mass is 10.1. The second-order valence-electron chi connectivity index (χ2n) is 5.40. The Kier molecular flexibility index (Phi) is 6.21. The number of amides is 2. The molecule has 120 valence electrons. The smallest absolute Gasteiger partial charge is 0.225 e. The molecule has 0 saturated carbocycles. The number of carbonyl (C=O) groups is 2. The average molecular weight is 325 g/mol. The Bertz CT molecular complexity index is 519. The number of hydrogen-bond acceptors (Lipinski definition) is 3. The highest BCUT2D eigenvalue weighted by atomic mass is 35.5. The highest BCUT2D eigenvalue weighted by Crippen LogP contribution is 2.19. The summed E-state index contributed by atoms with van der Waals surface area (Å²) in [6.07, 6.45) is 1.06. The van der Waals surface area contributed by atoms with Gasteiger partial charge in [0, 0.05) is 38.2 Å². The molecular weight excluding hydrogens is 304 g/mol. The monoisotopic (exact) mass is 324 g/mol. The molecule has 1 aliphatic rings. The molecule has 1 saturated heterocycles. The van der Waals surface area contributed by atoms with Crippen molar-refractivity contribution in [2.75, 3.05) is 33.4 Å². The summed E-state index contributed by atoms with van der Waals surface area (Å²) >= 11 is 5.85. The molecule has 1 atom stereocenters. The Morgan fingerprint density at radius 2 is 2.14 bits per heavy atom. The van der Waals surface area contributed by atoms with Crippen molar-refractivity contribution in [3.8, 4) is 0 Å². The number of ether oxygens (including phenoxy) is 1. The minimum Gasteiger partial charge on any atom is -0.383 e. The topological polar surface area (TPSA) is 58.6 Å². The minimum atomic E-state index is -0.255. The summed E-state index contributed by atoms with van der Waals surface area (Å²) in [6, 6.07) is 7.60. The summed E-state index contributed by atoms with van der Waals surface area (Å²) in [5.41, 5.74) is 1.13. The van der Waals surface area contributed by atoms with Crippen LogP contribution in [0.2, 0.25) is 5.02 Å². The molecule has 0 spiro atoms. The number of likely N-dealkylation sites (tertiary alicyclic amines) is 1. The van der Waals surface area contributed by atoms with E-state index in [-0.39, 0.29) is 17.7 Å². The van der Waals surface area contributed by atoms with Crippen LogP contribution in [0, 0.1) is 5.92 Å². The van der Waals surface area contributed by atoms with Gasteiger partial charge in [0.05, 0.1) is 12.5 Å². The van der Waals surface area contributed by atoms with Crippen molar-refractivity contribution >= 4 is 23.4 Å². The van der Waals surface area contributed by atoms with Gasteiger partial charge < -0.3 is 15.0 Å². The quantitative estimate of drug-likeness (QED) is 0.773. The molecule has 1 heterocycles. The standard InChI is InChI=1S/C16H21ClN2O3/c1-22-9-7-18-16(21)13-10-15(20)19(11-13)8-6-12-2-4-14(17)5-3-12/h2-5,13H,6-11H2,1H3,(H,18,21). The van der Waals surface area contributed by atoms with Crippen molar-refractivity contribution in [1.82, 2.24) is 10.2 Å². The van der Waals surface area contributed by atoms with Gasteiger partial charge in [-0.2, -0.15) is 0 Å². The van der Waals surface area contributed by atoms with Crippen LogP contribution < -0.4 is 5.32 Å². The molecule has 1 unspecified atom stereocenters. The maximum atomic E-state index is 12.0. The van der Waals surface area contributed by atoms with E-state index < -0.39 is 0 Å². The third kappa shape index (κ3) is 4.71. The van der Waals surface area contributed by atoms with Crippen LogP contribution in [-0.2, 0) is 20.7 Å². The van der Waals surface area contributed by atoms with E-state index in [9.17, 15) is 9.59 Å².